The third-order valence-corrected chi connectivity index (χ3v) is 5.75. The quantitative estimate of drug-likeness (QED) is 0.652. The summed E-state index contributed by atoms with van der Waals surface area (Å²) in [4.78, 5) is 39.8. The van der Waals surface area contributed by atoms with Crippen molar-refractivity contribution >= 4 is 31.2 Å². The van der Waals surface area contributed by atoms with Gasteiger partial charge in [-0.15, -0.1) is 0 Å². The number of Topliss-reactive ketones (excluding diaryl/α,β-unsaturated/α-hetero) is 2. The second-order valence-corrected chi connectivity index (χ2v) is 9.16. The maximum atomic E-state index is 13.2. The minimum atomic E-state index is -0.880. The summed E-state index contributed by atoms with van der Waals surface area (Å²) in [5.41, 5.74) is -1.53. The van der Waals surface area contributed by atoms with Crippen LogP contribution < -0.4 is 10.6 Å². The van der Waals surface area contributed by atoms with Gasteiger partial charge in [0.05, 0.1) is 25.2 Å². The van der Waals surface area contributed by atoms with Crippen LogP contribution in [0.1, 0.15) is 60.3 Å². The van der Waals surface area contributed by atoms with Gasteiger partial charge in [0, 0.05) is 12.0 Å². The zero-order valence-electron chi connectivity index (χ0n) is 19.0. The van der Waals surface area contributed by atoms with Crippen LogP contribution in [0.15, 0.2) is 12.2 Å². The highest BCUT2D eigenvalue weighted by Gasteiger charge is 2.52. The average Bonchev–Trinajstić information content (AvgIpc) is 2.60. The molecule has 2 bridgehead atoms. The fourth-order valence-corrected chi connectivity index (χ4v) is 4.15. The summed E-state index contributed by atoms with van der Waals surface area (Å²) in [5, 5.41) is 6.65. The largest absolute Gasteiger partial charge is 0.445 e. The standard InChI is InChI=1S/C22H37N3O4.H2S/c1-16(2)19(27)22-14-25(15-22)20(28)29-12-10-8-6-7-9-11-21(5,24-17(3)4)18(26)13-23-22;/h8,10,16-17,23-24H,6-7,9,11-15H2,1-5H3;1H2/t21-;/m0./s1. The first kappa shape index (κ1) is 26.7. The van der Waals surface area contributed by atoms with Crippen LogP contribution in [-0.2, 0) is 14.3 Å². The summed E-state index contributed by atoms with van der Waals surface area (Å²) in [7, 11) is 0. The lowest BCUT2D eigenvalue weighted by Crippen LogP contribution is -2.75. The Balaban J connectivity index is 0.00000450. The van der Waals surface area contributed by atoms with E-state index in [0.717, 1.165) is 25.7 Å². The van der Waals surface area contributed by atoms with Crippen LogP contribution in [0.2, 0.25) is 0 Å². The number of hydrogen-bond donors (Lipinski definition) is 2. The van der Waals surface area contributed by atoms with Crippen molar-refractivity contribution in [2.45, 2.75) is 77.4 Å². The highest BCUT2D eigenvalue weighted by Crippen LogP contribution is 2.27. The summed E-state index contributed by atoms with van der Waals surface area (Å²) in [5.74, 6) is -0.121. The molecule has 8 heteroatoms. The van der Waals surface area contributed by atoms with Crippen molar-refractivity contribution in [1.29, 1.82) is 0 Å². The van der Waals surface area contributed by atoms with Crippen LogP contribution >= 0.6 is 13.5 Å². The molecule has 3 heterocycles. The Morgan fingerprint density at radius 1 is 1.17 bits per heavy atom. The second kappa shape index (κ2) is 11.3. The average molecular weight is 442 g/mol. The van der Waals surface area contributed by atoms with Gasteiger partial charge in [0.15, 0.2) is 11.6 Å². The van der Waals surface area contributed by atoms with E-state index in [4.69, 9.17) is 4.74 Å². The molecule has 3 rings (SSSR count). The Kier molecular flexibility index (Phi) is 10.0. The molecule has 7 nitrogen and oxygen atoms in total. The Hall–Kier alpha value is -1.38. The van der Waals surface area contributed by atoms with Gasteiger partial charge in [-0.3, -0.25) is 14.9 Å². The number of carbonyl (C=O) groups excluding carboxylic acids is 3. The van der Waals surface area contributed by atoms with Gasteiger partial charge in [-0.05, 0) is 40.0 Å². The molecule has 30 heavy (non-hydrogen) atoms. The lowest BCUT2D eigenvalue weighted by molar-refractivity contribution is -0.136. The van der Waals surface area contributed by atoms with Crippen LogP contribution in [0.4, 0.5) is 4.79 Å². The zero-order valence-corrected chi connectivity index (χ0v) is 20.0. The molecule has 3 aliphatic heterocycles. The molecular weight excluding hydrogens is 402 g/mol. The number of ketones is 2. The molecule has 0 aliphatic carbocycles. The number of ether oxygens (including phenoxy) is 1. The van der Waals surface area contributed by atoms with Crippen LogP contribution in [-0.4, -0.2) is 65.9 Å². The van der Waals surface area contributed by atoms with E-state index >= 15 is 0 Å². The maximum absolute atomic E-state index is 13.2. The number of carbonyl (C=O) groups is 3. The number of fused-ring (bicyclic) bond motifs is 11. The SMILES string of the molecule is CC(C)N[C@@]1(C)CCCCC=CCOC(=O)N2CC(C(=O)C(C)C)(C2)NCC1=O.S. The predicted molar refractivity (Wildman–Crippen MR) is 123 cm³/mol. The van der Waals surface area contributed by atoms with E-state index in [1.54, 1.807) is 0 Å². The number of nitrogens with zero attached hydrogens (tertiary/aromatic N) is 1. The highest BCUT2D eigenvalue weighted by molar-refractivity contribution is 7.59. The summed E-state index contributed by atoms with van der Waals surface area (Å²) in [6.07, 6.45) is 6.94. The lowest BCUT2D eigenvalue weighted by atomic mass is 9.80. The van der Waals surface area contributed by atoms with Crippen LogP contribution in [0.25, 0.3) is 0 Å². The van der Waals surface area contributed by atoms with E-state index in [0.29, 0.717) is 0 Å². The van der Waals surface area contributed by atoms with Crippen LogP contribution in [0.3, 0.4) is 0 Å². The predicted octanol–water partition coefficient (Wildman–Crippen LogP) is 2.56. The fourth-order valence-electron chi connectivity index (χ4n) is 4.15. The van der Waals surface area contributed by atoms with Crippen molar-refractivity contribution in [2.24, 2.45) is 5.92 Å². The maximum Gasteiger partial charge on any atom is 0.410 e. The Morgan fingerprint density at radius 3 is 2.43 bits per heavy atom. The van der Waals surface area contributed by atoms with Gasteiger partial charge in [0.25, 0.3) is 0 Å². The number of nitrogens with one attached hydrogen (secondary N) is 2. The van der Waals surface area contributed by atoms with Gasteiger partial charge in [-0.1, -0.05) is 32.4 Å². The van der Waals surface area contributed by atoms with Crippen LogP contribution in [0, 0.1) is 5.92 Å². The van der Waals surface area contributed by atoms with Gasteiger partial charge >= 0.3 is 6.09 Å². The minimum Gasteiger partial charge on any atom is -0.445 e. The van der Waals surface area contributed by atoms with Gasteiger partial charge in [-0.25, -0.2) is 4.79 Å². The molecule has 1 amide bonds. The normalized spacial score (nSPS) is 28.7. The molecule has 2 N–H and O–H groups in total. The molecule has 0 aromatic rings. The molecule has 0 aromatic carbocycles. The Morgan fingerprint density at radius 2 is 1.83 bits per heavy atom. The van der Waals surface area contributed by atoms with E-state index in [9.17, 15) is 14.4 Å². The third-order valence-electron chi connectivity index (χ3n) is 5.75. The zero-order chi connectivity index (χ0) is 21.7. The third kappa shape index (κ3) is 6.56. The monoisotopic (exact) mass is 441 g/mol. The van der Waals surface area contributed by atoms with Crippen molar-refractivity contribution < 1.29 is 19.1 Å². The molecule has 0 unspecified atom stereocenters. The van der Waals surface area contributed by atoms with Gasteiger partial charge in [0.2, 0.25) is 0 Å². The van der Waals surface area contributed by atoms with Crippen molar-refractivity contribution in [2.75, 3.05) is 26.2 Å². The number of hydrogen-bond acceptors (Lipinski definition) is 6. The summed E-state index contributed by atoms with van der Waals surface area (Å²) in [6, 6.07) is 0.176. The second-order valence-electron chi connectivity index (χ2n) is 9.16. The Labute approximate surface area is 187 Å². The molecule has 0 aromatic heterocycles. The fraction of sp³-hybridized carbons (Fsp3) is 0.773. The van der Waals surface area contributed by atoms with Gasteiger partial charge < -0.3 is 15.0 Å². The molecule has 1 atom stereocenters. The smallest absolute Gasteiger partial charge is 0.410 e. The lowest BCUT2D eigenvalue weighted by Gasteiger charge is -2.49. The molecule has 1 fully saturated rings. The molecule has 1 saturated heterocycles. The number of allylic oxidation sites excluding steroid dienone is 1. The number of amides is 1. The van der Waals surface area contributed by atoms with Crippen molar-refractivity contribution in [3.63, 3.8) is 0 Å². The van der Waals surface area contributed by atoms with Crippen molar-refractivity contribution in [3.8, 4) is 0 Å². The van der Waals surface area contributed by atoms with E-state index in [1.165, 1.54) is 4.90 Å². The first-order valence-corrected chi connectivity index (χ1v) is 10.8. The molecule has 0 spiro atoms. The first-order valence-electron chi connectivity index (χ1n) is 10.8. The summed E-state index contributed by atoms with van der Waals surface area (Å²) >= 11 is 0. The van der Waals surface area contributed by atoms with E-state index in [-0.39, 0.29) is 63.3 Å². The minimum absolute atomic E-state index is 0. The molecule has 0 radical (unpaired) electrons. The van der Waals surface area contributed by atoms with E-state index in [2.05, 4.69) is 10.6 Å². The molecule has 0 saturated carbocycles. The van der Waals surface area contributed by atoms with Gasteiger partial charge in [0.1, 0.15) is 12.1 Å². The molecule has 3 aliphatic rings. The van der Waals surface area contributed by atoms with Crippen molar-refractivity contribution in [3.05, 3.63) is 12.2 Å². The first-order chi connectivity index (χ1) is 13.6. The summed E-state index contributed by atoms with van der Waals surface area (Å²) < 4.78 is 5.26. The Bertz CT molecular complexity index is 644. The van der Waals surface area contributed by atoms with Crippen LogP contribution in [0.5, 0.6) is 0 Å². The van der Waals surface area contributed by atoms with E-state index < -0.39 is 17.2 Å². The van der Waals surface area contributed by atoms with E-state index in [1.807, 2.05) is 46.8 Å². The van der Waals surface area contributed by atoms with Crippen molar-refractivity contribution in [1.82, 2.24) is 15.5 Å². The number of rotatable bonds is 4. The highest BCUT2D eigenvalue weighted by atomic mass is 32.1. The van der Waals surface area contributed by atoms with Gasteiger partial charge in [-0.2, -0.15) is 13.5 Å². The molecular formula is C22H39N3O4S. The topological polar surface area (TPSA) is 87.7 Å². The summed E-state index contributed by atoms with van der Waals surface area (Å²) in [6.45, 7) is 10.5. The molecule has 172 valence electrons.